The van der Waals surface area contributed by atoms with Crippen molar-refractivity contribution in [2.75, 3.05) is 6.61 Å². The van der Waals surface area contributed by atoms with Gasteiger partial charge in [-0.1, -0.05) is 0 Å². The average Bonchev–Trinajstić information content (AvgIpc) is 3.51. The molecule has 1 fully saturated rings. The van der Waals surface area contributed by atoms with Crippen LogP contribution in [-0.4, -0.2) is 62.2 Å². The van der Waals surface area contributed by atoms with Crippen molar-refractivity contribution >= 4 is 25.1 Å². The smallest absolute Gasteiger partial charge is 0.459 e. The number of aromatic nitrogens is 3. The summed E-state index contributed by atoms with van der Waals surface area (Å²) in [6.45, 7) is 5.05. The number of alkyl halides is 1. The maximum atomic E-state index is 15.6. The number of halogens is 1. The number of ether oxygens (including phenoxy) is 2. The third kappa shape index (κ3) is 7.18. The first-order chi connectivity index (χ1) is 19.3. The van der Waals surface area contributed by atoms with Crippen LogP contribution in [-0.2, 0) is 23.4 Å². The summed E-state index contributed by atoms with van der Waals surface area (Å²) in [5.74, 6) is -0.609. The van der Waals surface area contributed by atoms with E-state index in [2.05, 4.69) is 10.1 Å². The van der Waals surface area contributed by atoms with Crippen molar-refractivity contribution in [1.82, 2.24) is 19.6 Å². The molecule has 2 unspecified atom stereocenters. The Hall–Kier alpha value is -3.20. The predicted octanol–water partition coefficient (Wildman–Crippen LogP) is 2.78. The highest BCUT2D eigenvalue weighted by molar-refractivity contribution is 7.52. The van der Waals surface area contributed by atoms with Gasteiger partial charge in [-0.2, -0.15) is 5.09 Å². The summed E-state index contributed by atoms with van der Waals surface area (Å²) in [6, 6.07) is 6.29. The van der Waals surface area contributed by atoms with E-state index in [1.54, 1.807) is 31.5 Å². The molecule has 222 valence electrons. The zero-order valence-corrected chi connectivity index (χ0v) is 24.3. The number of hydrogen-bond acceptors (Lipinski definition) is 11. The number of nitrogens with one attached hydrogen (secondary N) is 2. The van der Waals surface area contributed by atoms with Crippen molar-refractivity contribution < 1.29 is 37.4 Å². The molecule has 2 aromatic heterocycles. The maximum absolute atomic E-state index is 15.6. The van der Waals surface area contributed by atoms with Crippen LogP contribution in [0.5, 0.6) is 5.75 Å². The molecule has 41 heavy (non-hydrogen) atoms. The van der Waals surface area contributed by atoms with Crippen molar-refractivity contribution in [3.05, 3.63) is 68.3 Å². The minimum Gasteiger partial charge on any atom is -0.462 e. The van der Waals surface area contributed by atoms with E-state index >= 15 is 4.39 Å². The zero-order valence-electron chi connectivity index (χ0n) is 22.6. The number of aromatic amines is 1. The monoisotopic (exact) mass is 612 g/mol. The van der Waals surface area contributed by atoms with Gasteiger partial charge in [-0.25, -0.2) is 18.7 Å². The van der Waals surface area contributed by atoms with Gasteiger partial charge in [0.2, 0.25) is 0 Å². The molecule has 3 aromatic rings. The molecule has 0 radical (unpaired) electrons. The van der Waals surface area contributed by atoms with Gasteiger partial charge in [0.05, 0.1) is 23.9 Å². The molecular weight excluding hydrogens is 582 g/mol. The Kier molecular flexibility index (Phi) is 9.26. The second-order valence-electron chi connectivity index (χ2n) is 9.76. The van der Waals surface area contributed by atoms with Crippen LogP contribution in [0.4, 0.5) is 4.39 Å². The molecule has 0 amide bonds. The third-order valence-electron chi connectivity index (χ3n) is 6.09. The molecular formula is C25H30FN4O9PS. The molecule has 1 aliphatic heterocycles. The Morgan fingerprint density at radius 2 is 2.00 bits per heavy atom. The van der Waals surface area contributed by atoms with E-state index in [9.17, 15) is 24.1 Å². The summed E-state index contributed by atoms with van der Waals surface area (Å²) >= 11 is 1.43. The highest BCUT2D eigenvalue weighted by Gasteiger charge is 2.56. The lowest BCUT2D eigenvalue weighted by Crippen LogP contribution is -2.43. The standard InChI is InChI=1S/C25H30FN4O9PS/c1-14(2)37-22(33)15(3)29-40(35,39-17-7-5-16(6-8-17)18-12-41-13-27-18)36-11-19-21(32)25(4,26)23(38-19)30-10-9-20(31)28-24(30)34/h5-10,12-15,19,21,23,32H,11H2,1-4H3,(H,29,35)(H,28,31,34)/t15-,19+,21?,23+,25+,40?/m0/s1. The van der Waals surface area contributed by atoms with Gasteiger partial charge in [-0.3, -0.25) is 23.7 Å². The van der Waals surface area contributed by atoms with Crippen molar-refractivity contribution in [2.24, 2.45) is 0 Å². The first-order valence-corrected chi connectivity index (χ1v) is 15.0. The van der Waals surface area contributed by atoms with E-state index in [-0.39, 0.29) is 5.75 Å². The zero-order chi connectivity index (χ0) is 29.9. The summed E-state index contributed by atoms with van der Waals surface area (Å²) < 4.78 is 52.2. The molecule has 0 aliphatic carbocycles. The Morgan fingerprint density at radius 3 is 2.61 bits per heavy atom. The summed E-state index contributed by atoms with van der Waals surface area (Å²) in [6.07, 6.45) is -4.30. The summed E-state index contributed by atoms with van der Waals surface area (Å²) in [4.78, 5) is 42.3. The molecule has 0 spiro atoms. The molecule has 16 heteroatoms. The van der Waals surface area contributed by atoms with Gasteiger partial charge in [-0.15, -0.1) is 11.3 Å². The third-order valence-corrected chi connectivity index (χ3v) is 8.32. The minimum absolute atomic E-state index is 0.116. The Labute approximate surface area is 237 Å². The fourth-order valence-corrected chi connectivity index (χ4v) is 6.09. The number of carbonyl (C=O) groups is 1. The van der Waals surface area contributed by atoms with Gasteiger partial charge in [0, 0.05) is 23.2 Å². The lowest BCUT2D eigenvalue weighted by Gasteiger charge is -2.25. The van der Waals surface area contributed by atoms with Crippen LogP contribution < -0.4 is 20.9 Å². The van der Waals surface area contributed by atoms with E-state index in [1.807, 2.05) is 10.4 Å². The predicted molar refractivity (Wildman–Crippen MR) is 146 cm³/mol. The Balaban J connectivity index is 1.54. The molecule has 0 bridgehead atoms. The van der Waals surface area contributed by atoms with Crippen LogP contribution in [0.15, 0.2) is 57.0 Å². The normalized spacial score (nSPS) is 24.6. The first kappa shape index (κ1) is 30.8. The average molecular weight is 613 g/mol. The molecule has 0 saturated carbocycles. The number of nitrogens with zero attached hydrogens (tertiary/aromatic N) is 2. The number of rotatable bonds is 11. The molecule has 13 nitrogen and oxygen atoms in total. The Morgan fingerprint density at radius 1 is 1.29 bits per heavy atom. The van der Waals surface area contributed by atoms with E-state index in [0.717, 1.165) is 35.0 Å². The number of aliphatic hydroxyl groups excluding tert-OH is 1. The van der Waals surface area contributed by atoms with Gasteiger partial charge < -0.3 is 19.1 Å². The molecule has 1 aromatic carbocycles. The van der Waals surface area contributed by atoms with Crippen LogP contribution in [0.1, 0.15) is 33.9 Å². The first-order valence-electron chi connectivity index (χ1n) is 12.5. The molecule has 1 saturated heterocycles. The number of benzene rings is 1. The number of hydrogen-bond donors (Lipinski definition) is 3. The number of esters is 1. The van der Waals surface area contributed by atoms with Crippen molar-refractivity contribution in [3.63, 3.8) is 0 Å². The van der Waals surface area contributed by atoms with Crippen LogP contribution in [0, 0.1) is 0 Å². The Bertz CT molecular complexity index is 1510. The molecule has 3 heterocycles. The number of aliphatic hydroxyl groups is 1. The van der Waals surface area contributed by atoms with Crippen LogP contribution >= 0.6 is 19.1 Å². The lowest BCUT2D eigenvalue weighted by atomic mass is 9.98. The van der Waals surface area contributed by atoms with E-state index in [0.29, 0.717) is 0 Å². The fraction of sp³-hybridized carbons (Fsp3) is 0.440. The molecule has 6 atom stereocenters. The SMILES string of the molecule is CC(C)OC(=O)[C@H](C)NP(=O)(OC[C@H]1O[C@@H](n2ccc(=O)[nH]c2=O)[C@](C)(F)C1O)Oc1ccc(-c2cscn2)cc1. The molecule has 4 rings (SSSR count). The maximum Gasteiger partial charge on any atom is 0.459 e. The second-order valence-corrected chi connectivity index (χ2v) is 12.2. The van der Waals surface area contributed by atoms with E-state index in [1.165, 1.54) is 30.4 Å². The number of thiazole rings is 1. The van der Waals surface area contributed by atoms with Gasteiger partial charge in [0.1, 0.15) is 24.0 Å². The summed E-state index contributed by atoms with van der Waals surface area (Å²) in [5.41, 5.74) is -0.947. The van der Waals surface area contributed by atoms with Gasteiger partial charge in [0.15, 0.2) is 11.9 Å². The van der Waals surface area contributed by atoms with E-state index in [4.69, 9.17) is 18.5 Å². The van der Waals surface area contributed by atoms with Crippen molar-refractivity contribution in [3.8, 4) is 17.0 Å². The van der Waals surface area contributed by atoms with Crippen molar-refractivity contribution in [1.29, 1.82) is 0 Å². The topological polar surface area (TPSA) is 171 Å². The largest absolute Gasteiger partial charge is 0.462 e. The second kappa shape index (κ2) is 12.3. The van der Waals surface area contributed by atoms with Crippen molar-refractivity contribution in [2.45, 2.75) is 63.9 Å². The van der Waals surface area contributed by atoms with Crippen LogP contribution in [0.25, 0.3) is 11.3 Å². The highest BCUT2D eigenvalue weighted by atomic mass is 32.1. The van der Waals surface area contributed by atoms with Gasteiger partial charge >= 0.3 is 19.4 Å². The fourth-order valence-electron chi connectivity index (χ4n) is 4.03. The summed E-state index contributed by atoms with van der Waals surface area (Å²) in [5, 5.41) is 15.0. The van der Waals surface area contributed by atoms with E-state index < -0.39 is 67.8 Å². The minimum atomic E-state index is -4.39. The highest BCUT2D eigenvalue weighted by Crippen LogP contribution is 2.47. The molecule has 3 N–H and O–H groups in total. The van der Waals surface area contributed by atoms with Crippen LogP contribution in [0.3, 0.4) is 0 Å². The quantitative estimate of drug-likeness (QED) is 0.215. The number of H-pyrrole nitrogens is 1. The van der Waals surface area contributed by atoms with Crippen LogP contribution in [0.2, 0.25) is 0 Å². The molecule has 1 aliphatic rings. The van der Waals surface area contributed by atoms with Gasteiger partial charge in [-0.05, 0) is 52.0 Å². The summed E-state index contributed by atoms with van der Waals surface area (Å²) in [7, 11) is -4.39. The lowest BCUT2D eigenvalue weighted by molar-refractivity contribution is -0.149. The number of carbonyl (C=O) groups excluding carboxylic acids is 1. The van der Waals surface area contributed by atoms with Gasteiger partial charge in [0.25, 0.3) is 5.56 Å².